The van der Waals surface area contributed by atoms with Gasteiger partial charge in [-0.15, -0.1) is 0 Å². The molecule has 0 unspecified atom stereocenters. The van der Waals surface area contributed by atoms with Crippen molar-refractivity contribution in [2.24, 2.45) is 7.05 Å². The molecule has 0 saturated carbocycles. The van der Waals surface area contributed by atoms with Crippen LogP contribution in [0, 0.1) is 6.92 Å². The third-order valence-corrected chi connectivity index (χ3v) is 2.14. The van der Waals surface area contributed by atoms with Gasteiger partial charge in [-0.25, -0.2) is 0 Å². The van der Waals surface area contributed by atoms with Gasteiger partial charge < -0.3 is 5.32 Å². The average Bonchev–Trinajstić information content (AvgIpc) is 2.59. The number of amides is 1. The normalized spacial score (nSPS) is 10.1. The minimum Gasteiger partial charge on any atom is -0.305 e. The highest BCUT2D eigenvalue weighted by molar-refractivity contribution is 6.02. The number of carbonyl (C=O) groups excluding carboxylic acids is 1. The second-order valence-corrected chi connectivity index (χ2v) is 3.46. The van der Waals surface area contributed by atoms with Crippen LogP contribution in [-0.2, 0) is 7.05 Å². The van der Waals surface area contributed by atoms with Crippen LogP contribution in [0.2, 0.25) is 0 Å². The first-order valence-corrected chi connectivity index (χ1v) is 4.90. The first-order valence-electron chi connectivity index (χ1n) is 4.90. The SMILES string of the molecule is Cc1cc(NC(=O)c2ccccn2)n(C)n1. The van der Waals surface area contributed by atoms with E-state index in [1.54, 1.807) is 42.2 Å². The molecule has 1 N–H and O–H groups in total. The Hall–Kier alpha value is -2.17. The maximum Gasteiger partial charge on any atom is 0.275 e. The molecule has 0 aliphatic heterocycles. The average molecular weight is 216 g/mol. The van der Waals surface area contributed by atoms with Crippen molar-refractivity contribution < 1.29 is 4.79 Å². The molecule has 0 aliphatic rings. The highest BCUT2D eigenvalue weighted by Gasteiger charge is 2.09. The van der Waals surface area contributed by atoms with E-state index in [9.17, 15) is 4.79 Å². The van der Waals surface area contributed by atoms with Crippen molar-refractivity contribution in [3.05, 3.63) is 41.9 Å². The van der Waals surface area contributed by atoms with Gasteiger partial charge in [0.25, 0.3) is 5.91 Å². The summed E-state index contributed by atoms with van der Waals surface area (Å²) in [5.74, 6) is 0.428. The molecule has 0 aliphatic carbocycles. The monoisotopic (exact) mass is 216 g/mol. The predicted octanol–water partition coefficient (Wildman–Crippen LogP) is 1.38. The van der Waals surface area contributed by atoms with Crippen LogP contribution >= 0.6 is 0 Å². The molecule has 0 spiro atoms. The number of hydrogen-bond acceptors (Lipinski definition) is 3. The molecule has 5 heteroatoms. The Balaban J connectivity index is 2.17. The molecule has 0 bridgehead atoms. The molecule has 1 amide bonds. The fourth-order valence-corrected chi connectivity index (χ4v) is 1.41. The lowest BCUT2D eigenvalue weighted by Crippen LogP contribution is -2.15. The summed E-state index contributed by atoms with van der Waals surface area (Å²) in [6, 6.07) is 7.01. The quantitative estimate of drug-likeness (QED) is 0.824. The molecule has 2 heterocycles. The molecule has 2 aromatic heterocycles. The number of nitrogens with one attached hydrogen (secondary N) is 1. The zero-order chi connectivity index (χ0) is 11.5. The van der Waals surface area contributed by atoms with Crippen LogP contribution in [0.1, 0.15) is 16.2 Å². The Morgan fingerprint density at radius 1 is 1.44 bits per heavy atom. The van der Waals surface area contributed by atoms with Crippen molar-refractivity contribution in [2.75, 3.05) is 5.32 Å². The Bertz CT molecular complexity index is 504. The summed E-state index contributed by atoms with van der Waals surface area (Å²) in [4.78, 5) is 15.7. The van der Waals surface area contributed by atoms with E-state index in [0.717, 1.165) is 5.69 Å². The standard InChI is InChI=1S/C11H12N4O/c1-8-7-10(15(2)14-8)13-11(16)9-5-3-4-6-12-9/h3-7H,1-2H3,(H,13,16). The van der Waals surface area contributed by atoms with Gasteiger partial charge in [0.15, 0.2) is 0 Å². The van der Waals surface area contributed by atoms with E-state index in [1.807, 2.05) is 6.92 Å². The molecule has 0 radical (unpaired) electrons. The van der Waals surface area contributed by atoms with Gasteiger partial charge in [-0.05, 0) is 19.1 Å². The summed E-state index contributed by atoms with van der Waals surface area (Å²) in [5.41, 5.74) is 1.25. The van der Waals surface area contributed by atoms with Crippen molar-refractivity contribution in [1.29, 1.82) is 0 Å². The van der Waals surface area contributed by atoms with Gasteiger partial charge in [0.05, 0.1) is 5.69 Å². The molecule has 0 aromatic carbocycles. The molecule has 2 rings (SSSR count). The van der Waals surface area contributed by atoms with Crippen LogP contribution in [0.3, 0.4) is 0 Å². The van der Waals surface area contributed by atoms with Gasteiger partial charge in [0.2, 0.25) is 0 Å². The molecule has 0 fully saturated rings. The number of nitrogens with zero attached hydrogens (tertiary/aromatic N) is 3. The smallest absolute Gasteiger partial charge is 0.275 e. The van der Waals surface area contributed by atoms with Gasteiger partial charge in [0, 0.05) is 19.3 Å². The third-order valence-electron chi connectivity index (χ3n) is 2.14. The zero-order valence-electron chi connectivity index (χ0n) is 9.14. The fraction of sp³-hybridized carbons (Fsp3) is 0.182. The lowest BCUT2D eigenvalue weighted by Gasteiger charge is -2.03. The Morgan fingerprint density at radius 2 is 2.25 bits per heavy atom. The van der Waals surface area contributed by atoms with Crippen LogP contribution in [0.4, 0.5) is 5.82 Å². The van der Waals surface area contributed by atoms with Crippen LogP contribution in [0.5, 0.6) is 0 Å². The summed E-state index contributed by atoms with van der Waals surface area (Å²) in [6.45, 7) is 1.87. The van der Waals surface area contributed by atoms with Crippen molar-refractivity contribution in [3.63, 3.8) is 0 Å². The maximum absolute atomic E-state index is 11.8. The third kappa shape index (κ3) is 2.08. The first-order chi connectivity index (χ1) is 7.66. The highest BCUT2D eigenvalue weighted by atomic mass is 16.2. The molecule has 16 heavy (non-hydrogen) atoms. The lowest BCUT2D eigenvalue weighted by atomic mass is 10.3. The maximum atomic E-state index is 11.8. The minimum atomic E-state index is -0.233. The minimum absolute atomic E-state index is 0.233. The molecule has 2 aromatic rings. The van der Waals surface area contributed by atoms with Crippen LogP contribution < -0.4 is 5.32 Å². The second-order valence-electron chi connectivity index (χ2n) is 3.46. The van der Waals surface area contributed by atoms with Gasteiger partial charge >= 0.3 is 0 Å². The van der Waals surface area contributed by atoms with Crippen LogP contribution in [-0.4, -0.2) is 20.7 Å². The van der Waals surface area contributed by atoms with Gasteiger partial charge in [0.1, 0.15) is 11.5 Å². The summed E-state index contributed by atoms with van der Waals surface area (Å²) in [7, 11) is 1.78. The lowest BCUT2D eigenvalue weighted by molar-refractivity contribution is 0.102. The van der Waals surface area contributed by atoms with Crippen LogP contribution in [0.15, 0.2) is 30.5 Å². The largest absolute Gasteiger partial charge is 0.305 e. The Morgan fingerprint density at radius 3 is 2.81 bits per heavy atom. The van der Waals surface area contributed by atoms with Gasteiger partial charge in [-0.3, -0.25) is 14.5 Å². The van der Waals surface area contributed by atoms with Crippen molar-refractivity contribution in [2.45, 2.75) is 6.92 Å². The predicted molar refractivity (Wildman–Crippen MR) is 60.1 cm³/mol. The Labute approximate surface area is 93.1 Å². The highest BCUT2D eigenvalue weighted by Crippen LogP contribution is 2.09. The number of anilines is 1. The summed E-state index contributed by atoms with van der Waals surface area (Å²) in [6.07, 6.45) is 1.59. The number of carbonyl (C=O) groups is 1. The van der Waals surface area contributed by atoms with E-state index < -0.39 is 0 Å². The zero-order valence-corrected chi connectivity index (χ0v) is 9.14. The van der Waals surface area contributed by atoms with Gasteiger partial charge in [-0.1, -0.05) is 6.07 Å². The van der Waals surface area contributed by atoms with Crippen LogP contribution in [0.25, 0.3) is 0 Å². The van der Waals surface area contributed by atoms with E-state index in [2.05, 4.69) is 15.4 Å². The van der Waals surface area contributed by atoms with Crippen molar-refractivity contribution >= 4 is 11.7 Å². The van der Waals surface area contributed by atoms with E-state index in [0.29, 0.717) is 11.5 Å². The number of hydrogen-bond donors (Lipinski definition) is 1. The molecular weight excluding hydrogens is 204 g/mol. The van der Waals surface area contributed by atoms with Crippen molar-refractivity contribution in [1.82, 2.24) is 14.8 Å². The first kappa shape index (κ1) is 10.4. The number of pyridine rings is 1. The molecular formula is C11H12N4O. The number of aryl methyl sites for hydroxylation is 2. The molecule has 0 saturated heterocycles. The fourth-order valence-electron chi connectivity index (χ4n) is 1.41. The molecule has 0 atom stereocenters. The van der Waals surface area contributed by atoms with E-state index in [1.165, 1.54) is 0 Å². The summed E-state index contributed by atoms with van der Waals surface area (Å²) in [5, 5.41) is 6.89. The van der Waals surface area contributed by atoms with Gasteiger partial charge in [-0.2, -0.15) is 5.10 Å². The molecule has 5 nitrogen and oxygen atoms in total. The number of rotatable bonds is 2. The van der Waals surface area contributed by atoms with E-state index in [4.69, 9.17) is 0 Å². The topological polar surface area (TPSA) is 59.8 Å². The number of aromatic nitrogens is 3. The van der Waals surface area contributed by atoms with Crippen molar-refractivity contribution in [3.8, 4) is 0 Å². The molecule has 82 valence electrons. The Kier molecular flexibility index (Phi) is 2.68. The summed E-state index contributed by atoms with van der Waals surface area (Å²) >= 11 is 0. The summed E-state index contributed by atoms with van der Waals surface area (Å²) < 4.78 is 1.62. The van der Waals surface area contributed by atoms with E-state index in [-0.39, 0.29) is 5.91 Å². The second kappa shape index (κ2) is 4.14. The van der Waals surface area contributed by atoms with E-state index >= 15 is 0 Å².